The molecule has 0 N–H and O–H groups in total. The maximum atomic E-state index is 5.76. The molecule has 0 aliphatic heterocycles. The molecule has 0 fully saturated rings. The summed E-state index contributed by atoms with van der Waals surface area (Å²) < 4.78 is 5.76. The van der Waals surface area contributed by atoms with E-state index in [-0.39, 0.29) is 0 Å². The van der Waals surface area contributed by atoms with Gasteiger partial charge in [0.1, 0.15) is 11.3 Å². The number of furan rings is 1. The van der Waals surface area contributed by atoms with Gasteiger partial charge in [0.05, 0.1) is 5.69 Å². The van der Waals surface area contributed by atoms with Crippen molar-refractivity contribution in [2.75, 3.05) is 5.75 Å². The van der Waals surface area contributed by atoms with E-state index < -0.39 is 0 Å². The maximum Gasteiger partial charge on any atom is 0.134 e. The Kier molecular flexibility index (Phi) is 19.5. The van der Waals surface area contributed by atoms with Crippen molar-refractivity contribution in [3.05, 3.63) is 100 Å². The van der Waals surface area contributed by atoms with Crippen molar-refractivity contribution in [2.24, 2.45) is 16.8 Å². The fourth-order valence-corrected chi connectivity index (χ4v) is 5.56. The first-order chi connectivity index (χ1) is 22.6. The van der Waals surface area contributed by atoms with Gasteiger partial charge in [-0.25, -0.2) is 0 Å². The van der Waals surface area contributed by atoms with Crippen LogP contribution in [0.5, 0.6) is 0 Å². The van der Waals surface area contributed by atoms with Gasteiger partial charge in [0, 0.05) is 22.0 Å². The summed E-state index contributed by atoms with van der Waals surface area (Å²) in [4.78, 5) is 5.36. The highest BCUT2D eigenvalue weighted by Gasteiger charge is 2.09. The lowest BCUT2D eigenvalue weighted by Gasteiger charge is -2.11. The van der Waals surface area contributed by atoms with Crippen molar-refractivity contribution < 1.29 is 4.42 Å². The van der Waals surface area contributed by atoms with Gasteiger partial charge in [-0.05, 0) is 101 Å². The quantitative estimate of drug-likeness (QED) is 0.124. The van der Waals surface area contributed by atoms with Crippen molar-refractivity contribution in [1.29, 1.82) is 0 Å². The van der Waals surface area contributed by atoms with Gasteiger partial charge in [-0.1, -0.05) is 139 Å². The summed E-state index contributed by atoms with van der Waals surface area (Å²) in [5.74, 6) is 5.71. The standard InChI is InChI=1S/C15H22.C14H21NS.C14H18O.C2H6/c1-11(2)6-8-15-10-14(12(3)4)9-7-13(15)5;1-10(2)9-16-14-7-6-12(11(3)4)8-13(14)15-5;1-9(2)11-5-6-13-12(7-11)8-14(15-13)10(3)4;1-2/h6-12H,1-5H3;6-8,10-11H,5,9H2,1-4H3;5-10H,1-4H3;1-2H3/b8-6+;;;. The average Bonchev–Trinajstić information content (AvgIpc) is 3.49. The van der Waals surface area contributed by atoms with Crippen molar-refractivity contribution in [1.82, 2.24) is 0 Å². The summed E-state index contributed by atoms with van der Waals surface area (Å²) in [6.07, 6.45) is 4.50. The fourth-order valence-electron chi connectivity index (χ4n) is 4.62. The summed E-state index contributed by atoms with van der Waals surface area (Å²) in [6.45, 7) is 36.3. The third kappa shape index (κ3) is 14.6. The molecule has 0 atom stereocenters. The molecule has 0 bridgehead atoms. The van der Waals surface area contributed by atoms with Gasteiger partial charge in [0.15, 0.2) is 0 Å². The first-order valence-electron chi connectivity index (χ1n) is 18.2. The van der Waals surface area contributed by atoms with E-state index in [1.165, 1.54) is 38.1 Å². The Balaban J connectivity index is 0.000000351. The van der Waals surface area contributed by atoms with E-state index in [0.29, 0.717) is 35.5 Å². The van der Waals surface area contributed by atoms with E-state index in [1.807, 2.05) is 25.6 Å². The normalized spacial score (nSPS) is 11.3. The van der Waals surface area contributed by atoms with Crippen LogP contribution in [0.3, 0.4) is 0 Å². The van der Waals surface area contributed by atoms with Gasteiger partial charge in [-0.2, -0.15) is 0 Å². The second-order valence-electron chi connectivity index (χ2n) is 14.4. The molecule has 0 saturated heterocycles. The van der Waals surface area contributed by atoms with Crippen LogP contribution in [-0.4, -0.2) is 12.5 Å². The number of allylic oxidation sites excluding steroid dienone is 1. The predicted octanol–water partition coefficient (Wildman–Crippen LogP) is 15.4. The molecule has 0 aliphatic carbocycles. The third-order valence-electron chi connectivity index (χ3n) is 7.82. The molecule has 1 aromatic heterocycles. The zero-order valence-corrected chi connectivity index (χ0v) is 33.9. The average molecular weight is 670 g/mol. The number of nitrogens with zero attached hydrogens (tertiary/aromatic N) is 1. The molecule has 2 nitrogen and oxygen atoms in total. The Morgan fingerprint density at radius 2 is 1.23 bits per heavy atom. The summed E-state index contributed by atoms with van der Waals surface area (Å²) in [5.41, 5.74) is 8.87. The minimum atomic E-state index is 0.458. The molecule has 0 amide bonds. The van der Waals surface area contributed by atoms with Crippen molar-refractivity contribution in [3.63, 3.8) is 0 Å². The van der Waals surface area contributed by atoms with Gasteiger partial charge in [0.25, 0.3) is 0 Å². The molecule has 1 heterocycles. The van der Waals surface area contributed by atoms with Crippen LogP contribution in [0.4, 0.5) is 5.69 Å². The van der Waals surface area contributed by atoms with E-state index in [4.69, 9.17) is 4.42 Å². The molecule has 3 heteroatoms. The van der Waals surface area contributed by atoms with Gasteiger partial charge in [0.2, 0.25) is 0 Å². The smallest absolute Gasteiger partial charge is 0.134 e. The Bertz CT molecular complexity index is 1530. The van der Waals surface area contributed by atoms with Crippen molar-refractivity contribution in [3.8, 4) is 0 Å². The predicted molar refractivity (Wildman–Crippen MR) is 220 cm³/mol. The molecule has 0 unspecified atom stereocenters. The number of aryl methyl sites for hydroxylation is 1. The van der Waals surface area contributed by atoms with E-state index in [9.17, 15) is 0 Å². The van der Waals surface area contributed by atoms with Crippen LogP contribution < -0.4 is 0 Å². The van der Waals surface area contributed by atoms with Crippen LogP contribution in [0.1, 0.15) is 154 Å². The second-order valence-corrected chi connectivity index (χ2v) is 15.4. The number of aliphatic imine (C=N–C) groups is 1. The van der Waals surface area contributed by atoms with Crippen molar-refractivity contribution in [2.45, 2.75) is 132 Å². The third-order valence-corrected chi connectivity index (χ3v) is 9.31. The van der Waals surface area contributed by atoms with Crippen LogP contribution in [0, 0.1) is 18.8 Å². The van der Waals surface area contributed by atoms with Crippen molar-refractivity contribution >= 4 is 41.2 Å². The lowest BCUT2D eigenvalue weighted by molar-refractivity contribution is 0.521. The highest BCUT2D eigenvalue weighted by molar-refractivity contribution is 7.99. The van der Waals surface area contributed by atoms with Crippen LogP contribution in [0.25, 0.3) is 17.0 Å². The molecule has 0 aliphatic rings. The molecule has 264 valence electrons. The molecule has 4 rings (SSSR count). The molecule has 48 heavy (non-hydrogen) atoms. The van der Waals surface area contributed by atoms with Gasteiger partial charge in [-0.3, -0.25) is 4.99 Å². The molecule has 3 aromatic carbocycles. The summed E-state index contributed by atoms with van der Waals surface area (Å²) in [6, 6.07) is 21.9. The monoisotopic (exact) mass is 669 g/mol. The van der Waals surface area contributed by atoms with Gasteiger partial charge in [-0.15, -0.1) is 11.8 Å². The zero-order chi connectivity index (χ0) is 36.6. The number of benzene rings is 3. The number of rotatable bonds is 10. The Morgan fingerprint density at radius 3 is 1.75 bits per heavy atom. The van der Waals surface area contributed by atoms with Gasteiger partial charge < -0.3 is 4.42 Å². The van der Waals surface area contributed by atoms with Crippen LogP contribution in [-0.2, 0) is 0 Å². The maximum absolute atomic E-state index is 5.76. The van der Waals surface area contributed by atoms with Gasteiger partial charge >= 0.3 is 0 Å². The Hall–Kier alpha value is -3.04. The first kappa shape index (κ1) is 43.0. The number of hydrogen-bond acceptors (Lipinski definition) is 3. The topological polar surface area (TPSA) is 25.5 Å². The fraction of sp³-hybridized carbons (Fsp3) is 0.489. The molecular formula is C45H67NOS. The lowest BCUT2D eigenvalue weighted by atomic mass is 9.97. The highest BCUT2D eigenvalue weighted by Crippen LogP contribution is 2.33. The van der Waals surface area contributed by atoms with E-state index in [0.717, 1.165) is 22.8 Å². The first-order valence-corrected chi connectivity index (χ1v) is 19.2. The Morgan fingerprint density at radius 1 is 0.688 bits per heavy atom. The number of fused-ring (bicyclic) bond motifs is 1. The largest absolute Gasteiger partial charge is 0.461 e. The minimum absolute atomic E-state index is 0.458. The summed E-state index contributed by atoms with van der Waals surface area (Å²) in [5, 5.41) is 1.23. The lowest BCUT2D eigenvalue weighted by Crippen LogP contribution is -1.91. The Labute approximate surface area is 299 Å². The SMILES string of the molecule is C=Nc1cc(C(C)C)ccc1SCC(C)C.CC.CC(C)c1ccc2oc(C(C)C)cc2c1.Cc1ccc(C(C)C)cc1/C=C/C(C)C. The molecular weight excluding hydrogens is 603 g/mol. The second kappa shape index (κ2) is 21.8. The molecule has 0 radical (unpaired) electrons. The summed E-state index contributed by atoms with van der Waals surface area (Å²) >= 11 is 1.87. The van der Waals surface area contributed by atoms with Crippen LogP contribution >= 0.6 is 11.8 Å². The van der Waals surface area contributed by atoms with Crippen LogP contribution in [0.2, 0.25) is 0 Å². The zero-order valence-electron chi connectivity index (χ0n) is 33.1. The summed E-state index contributed by atoms with van der Waals surface area (Å²) in [7, 11) is 0. The number of thioether (sulfide) groups is 1. The molecule has 4 aromatic rings. The number of hydrogen-bond donors (Lipinski definition) is 0. The molecule has 0 spiro atoms. The highest BCUT2D eigenvalue weighted by atomic mass is 32.2. The van der Waals surface area contributed by atoms with E-state index >= 15 is 0 Å². The van der Waals surface area contributed by atoms with Crippen LogP contribution in [0.15, 0.2) is 81.0 Å². The minimum Gasteiger partial charge on any atom is -0.461 e. The van der Waals surface area contributed by atoms with E-state index in [1.54, 1.807) is 0 Å². The van der Waals surface area contributed by atoms with E-state index in [2.05, 4.69) is 175 Å². The molecule has 0 saturated carbocycles.